The molecule has 0 atom stereocenters. The van der Waals surface area contributed by atoms with Gasteiger partial charge in [-0.25, -0.2) is 9.59 Å². The Bertz CT molecular complexity index is 765. The molecule has 0 bridgehead atoms. The summed E-state index contributed by atoms with van der Waals surface area (Å²) in [6.45, 7) is 12.7. The lowest BCUT2D eigenvalue weighted by atomic mass is 9.96. The number of nitrogens with one attached hydrogen (secondary N) is 3. The maximum atomic E-state index is 12.2. The van der Waals surface area contributed by atoms with Crippen LogP contribution in [0.3, 0.4) is 0 Å². The lowest BCUT2D eigenvalue weighted by Gasteiger charge is -2.26. The van der Waals surface area contributed by atoms with Gasteiger partial charge in [-0.05, 0) is 84.2 Å². The minimum absolute atomic E-state index is 0.236. The molecule has 0 aliphatic heterocycles. The van der Waals surface area contributed by atoms with Gasteiger partial charge in [0.1, 0.15) is 12.4 Å². The predicted octanol–water partition coefficient (Wildman–Crippen LogP) is 6.33. The molecule has 37 heavy (non-hydrogen) atoms. The number of amides is 2. The smallest absolute Gasteiger partial charge is 0.407 e. The zero-order valence-electron chi connectivity index (χ0n) is 24.0. The van der Waals surface area contributed by atoms with Crippen LogP contribution in [0.5, 0.6) is 5.75 Å². The summed E-state index contributed by atoms with van der Waals surface area (Å²) < 4.78 is 15.7. The number of hydrogen-bond donors (Lipinski definition) is 3. The topological polar surface area (TPSA) is 97.9 Å². The SMILES string of the molecule is CCCCOC(=O)NC(C)(C)CCNCCCCCCCC(C)(C)NC(=O)OCc1ccc(OC)cc1. The highest BCUT2D eigenvalue weighted by atomic mass is 16.6. The number of rotatable bonds is 19. The monoisotopic (exact) mass is 521 g/mol. The minimum Gasteiger partial charge on any atom is -0.497 e. The number of benzene rings is 1. The van der Waals surface area contributed by atoms with Crippen molar-refractivity contribution < 1.29 is 23.8 Å². The first kappa shape index (κ1) is 32.5. The molecular formula is C29H51N3O5. The Hall–Kier alpha value is -2.48. The van der Waals surface area contributed by atoms with Crippen LogP contribution in [0, 0.1) is 0 Å². The number of carbonyl (C=O) groups excluding carboxylic acids is 2. The summed E-state index contributed by atoms with van der Waals surface area (Å²) in [6.07, 6.45) is 8.63. The molecule has 8 heteroatoms. The second-order valence-electron chi connectivity index (χ2n) is 10.9. The third-order valence-corrected chi connectivity index (χ3v) is 6.22. The van der Waals surface area contributed by atoms with E-state index >= 15 is 0 Å². The van der Waals surface area contributed by atoms with Crippen LogP contribution in [-0.4, -0.2) is 50.1 Å². The van der Waals surface area contributed by atoms with E-state index in [0.29, 0.717) is 6.61 Å². The van der Waals surface area contributed by atoms with Crippen LogP contribution < -0.4 is 20.7 Å². The quantitative estimate of drug-likeness (QED) is 0.184. The van der Waals surface area contributed by atoms with E-state index < -0.39 is 6.09 Å². The maximum absolute atomic E-state index is 12.2. The summed E-state index contributed by atoms with van der Waals surface area (Å²) in [5.74, 6) is 0.778. The predicted molar refractivity (Wildman–Crippen MR) is 149 cm³/mol. The highest BCUT2D eigenvalue weighted by molar-refractivity contribution is 5.68. The van der Waals surface area contributed by atoms with Crippen molar-refractivity contribution in [3.63, 3.8) is 0 Å². The molecule has 0 unspecified atom stereocenters. The van der Waals surface area contributed by atoms with Crippen molar-refractivity contribution >= 4 is 12.2 Å². The van der Waals surface area contributed by atoms with Crippen molar-refractivity contribution in [1.29, 1.82) is 0 Å². The van der Waals surface area contributed by atoms with Crippen molar-refractivity contribution in [2.75, 3.05) is 26.8 Å². The van der Waals surface area contributed by atoms with Gasteiger partial charge in [0.15, 0.2) is 0 Å². The van der Waals surface area contributed by atoms with Crippen LogP contribution in [0.15, 0.2) is 24.3 Å². The Kier molecular flexibility index (Phi) is 15.7. The van der Waals surface area contributed by atoms with Crippen LogP contribution in [0.25, 0.3) is 0 Å². The first-order chi connectivity index (χ1) is 17.6. The Labute approximate surface area is 224 Å². The van der Waals surface area contributed by atoms with Crippen molar-refractivity contribution in [1.82, 2.24) is 16.0 Å². The number of carbonyl (C=O) groups is 2. The summed E-state index contributed by atoms with van der Waals surface area (Å²) in [5, 5.41) is 9.40. The molecule has 0 radical (unpaired) electrons. The third kappa shape index (κ3) is 16.8. The van der Waals surface area contributed by atoms with Gasteiger partial charge in [-0.3, -0.25) is 0 Å². The molecule has 1 aromatic rings. The van der Waals surface area contributed by atoms with Crippen LogP contribution in [0.1, 0.15) is 98.0 Å². The highest BCUT2D eigenvalue weighted by Gasteiger charge is 2.21. The second kappa shape index (κ2) is 17.9. The summed E-state index contributed by atoms with van der Waals surface area (Å²) in [7, 11) is 1.62. The molecule has 0 aromatic heterocycles. The molecular weight excluding hydrogens is 470 g/mol. The van der Waals surface area contributed by atoms with E-state index in [2.05, 4.69) is 22.9 Å². The fraction of sp³-hybridized carbons (Fsp3) is 0.724. The standard InChI is InChI=1S/C29H51N3O5/c1-7-8-22-36-26(33)31-29(4,5)19-21-30-20-13-11-9-10-12-18-28(2,3)32-27(34)37-23-24-14-16-25(35-6)17-15-24/h14-17,30H,7-13,18-23H2,1-6H3,(H,31,33)(H,32,34). The lowest BCUT2D eigenvalue weighted by molar-refractivity contribution is 0.128. The first-order valence-corrected chi connectivity index (χ1v) is 13.8. The number of unbranched alkanes of at least 4 members (excludes halogenated alkanes) is 5. The van der Waals surface area contributed by atoms with E-state index in [9.17, 15) is 9.59 Å². The molecule has 0 aliphatic rings. The number of alkyl carbamates (subject to hydrolysis) is 2. The van der Waals surface area contributed by atoms with E-state index in [-0.39, 0.29) is 23.8 Å². The van der Waals surface area contributed by atoms with E-state index in [4.69, 9.17) is 14.2 Å². The molecule has 1 rings (SSSR count). The summed E-state index contributed by atoms with van der Waals surface area (Å²) in [4.78, 5) is 24.0. The number of methoxy groups -OCH3 is 1. The largest absolute Gasteiger partial charge is 0.497 e. The average molecular weight is 522 g/mol. The Morgan fingerprint density at radius 2 is 1.35 bits per heavy atom. The average Bonchev–Trinajstić information content (AvgIpc) is 2.83. The zero-order valence-corrected chi connectivity index (χ0v) is 24.0. The molecule has 0 heterocycles. The molecule has 1 aromatic carbocycles. The van der Waals surface area contributed by atoms with Gasteiger partial charge in [0, 0.05) is 11.1 Å². The molecule has 0 aliphatic carbocycles. The lowest BCUT2D eigenvalue weighted by Crippen LogP contribution is -2.45. The first-order valence-electron chi connectivity index (χ1n) is 13.8. The molecule has 0 spiro atoms. The molecule has 0 saturated heterocycles. The summed E-state index contributed by atoms with van der Waals surface area (Å²) in [6, 6.07) is 7.48. The molecule has 0 fully saturated rings. The maximum Gasteiger partial charge on any atom is 0.407 e. The van der Waals surface area contributed by atoms with E-state index in [1.54, 1.807) is 7.11 Å². The normalized spacial score (nSPS) is 11.6. The van der Waals surface area contributed by atoms with Crippen molar-refractivity contribution in [3.8, 4) is 5.75 Å². The van der Waals surface area contributed by atoms with Crippen LogP contribution >= 0.6 is 0 Å². The van der Waals surface area contributed by atoms with Gasteiger partial charge in [-0.15, -0.1) is 0 Å². The van der Waals surface area contributed by atoms with Gasteiger partial charge in [-0.1, -0.05) is 51.2 Å². The van der Waals surface area contributed by atoms with Crippen molar-refractivity contribution in [2.45, 2.75) is 110 Å². The third-order valence-electron chi connectivity index (χ3n) is 6.22. The Morgan fingerprint density at radius 1 is 0.757 bits per heavy atom. The van der Waals surface area contributed by atoms with Gasteiger partial charge >= 0.3 is 12.2 Å². The molecule has 8 nitrogen and oxygen atoms in total. The Balaban J connectivity index is 2.05. The second-order valence-corrected chi connectivity index (χ2v) is 10.9. The van der Waals surface area contributed by atoms with Crippen molar-refractivity contribution in [2.24, 2.45) is 0 Å². The highest BCUT2D eigenvalue weighted by Crippen LogP contribution is 2.16. The van der Waals surface area contributed by atoms with Gasteiger partial charge in [0.05, 0.1) is 13.7 Å². The molecule has 212 valence electrons. The van der Waals surface area contributed by atoms with E-state index in [0.717, 1.165) is 69.3 Å². The van der Waals surface area contributed by atoms with Crippen LogP contribution in [0.4, 0.5) is 9.59 Å². The summed E-state index contributed by atoms with van der Waals surface area (Å²) in [5.41, 5.74) is 0.326. The minimum atomic E-state index is -0.390. The van der Waals surface area contributed by atoms with E-state index in [1.165, 1.54) is 12.8 Å². The van der Waals surface area contributed by atoms with Crippen LogP contribution in [-0.2, 0) is 16.1 Å². The molecule has 2 amide bonds. The van der Waals surface area contributed by atoms with Gasteiger partial charge < -0.3 is 30.2 Å². The molecule has 3 N–H and O–H groups in total. The van der Waals surface area contributed by atoms with E-state index in [1.807, 2.05) is 52.0 Å². The molecule has 0 saturated carbocycles. The van der Waals surface area contributed by atoms with Gasteiger partial charge in [0.2, 0.25) is 0 Å². The van der Waals surface area contributed by atoms with Gasteiger partial charge in [0.25, 0.3) is 0 Å². The van der Waals surface area contributed by atoms with Crippen molar-refractivity contribution in [3.05, 3.63) is 29.8 Å². The van der Waals surface area contributed by atoms with Gasteiger partial charge in [-0.2, -0.15) is 0 Å². The summed E-state index contributed by atoms with van der Waals surface area (Å²) >= 11 is 0. The van der Waals surface area contributed by atoms with Crippen LogP contribution in [0.2, 0.25) is 0 Å². The Morgan fingerprint density at radius 3 is 2.00 bits per heavy atom. The number of ether oxygens (including phenoxy) is 3. The fourth-order valence-electron chi connectivity index (χ4n) is 3.80. The number of hydrogen-bond acceptors (Lipinski definition) is 6. The zero-order chi connectivity index (χ0) is 27.6. The fourth-order valence-corrected chi connectivity index (χ4v) is 3.80.